The van der Waals surface area contributed by atoms with Crippen molar-refractivity contribution in [3.8, 4) is 5.69 Å². The Morgan fingerprint density at radius 2 is 2.19 bits per heavy atom. The molecule has 3 aromatic rings. The fraction of sp³-hybridized carbons (Fsp3) is 0.409. The molecule has 166 valence electrons. The molecule has 0 saturated heterocycles. The Labute approximate surface area is 193 Å². The lowest BCUT2D eigenvalue weighted by molar-refractivity contribution is -0.129. The normalized spacial score (nSPS) is 22.5. The number of anilines is 1. The third kappa shape index (κ3) is 3.62. The minimum absolute atomic E-state index is 0.0421. The average molecular weight is 498 g/mol. The van der Waals surface area contributed by atoms with Crippen LogP contribution in [0.25, 0.3) is 16.7 Å². The van der Waals surface area contributed by atoms with Crippen molar-refractivity contribution in [3.63, 3.8) is 0 Å². The number of halogens is 1. The molecule has 3 N–H and O–H groups in total. The highest BCUT2D eigenvalue weighted by Gasteiger charge is 2.41. The second-order valence-electron chi connectivity index (χ2n) is 8.76. The summed E-state index contributed by atoms with van der Waals surface area (Å²) in [4.78, 5) is 33.1. The Morgan fingerprint density at radius 1 is 1.34 bits per heavy atom. The van der Waals surface area contributed by atoms with E-state index in [0.29, 0.717) is 29.2 Å². The SMILES string of the molecule is CNC(=O)[C@]1(C)CC[C@@H](Nc2ncc3c(Br)nn(-c4ccc5c(c4)CNC(=O)C5)c3n2)C1. The first-order chi connectivity index (χ1) is 15.4. The van der Waals surface area contributed by atoms with E-state index in [1.807, 2.05) is 25.1 Å². The van der Waals surface area contributed by atoms with Crippen LogP contribution in [0.15, 0.2) is 29.0 Å². The number of nitrogens with zero attached hydrogens (tertiary/aromatic N) is 4. The van der Waals surface area contributed by atoms with Crippen LogP contribution in [0.4, 0.5) is 5.95 Å². The number of amides is 2. The van der Waals surface area contributed by atoms with Crippen molar-refractivity contribution in [2.75, 3.05) is 12.4 Å². The first-order valence-electron chi connectivity index (χ1n) is 10.7. The maximum Gasteiger partial charge on any atom is 0.225 e. The van der Waals surface area contributed by atoms with Crippen LogP contribution in [0.1, 0.15) is 37.3 Å². The number of carbonyl (C=O) groups excluding carboxylic acids is 2. The Kier molecular flexibility index (Phi) is 5.11. The summed E-state index contributed by atoms with van der Waals surface area (Å²) in [6.45, 7) is 2.51. The molecule has 5 rings (SSSR count). The second-order valence-corrected chi connectivity index (χ2v) is 9.52. The summed E-state index contributed by atoms with van der Waals surface area (Å²) in [6.07, 6.45) is 4.58. The van der Waals surface area contributed by atoms with Crippen molar-refractivity contribution < 1.29 is 9.59 Å². The van der Waals surface area contributed by atoms with Gasteiger partial charge in [0.1, 0.15) is 4.60 Å². The molecule has 2 amide bonds. The number of rotatable bonds is 4. The van der Waals surface area contributed by atoms with Crippen molar-refractivity contribution >= 4 is 44.7 Å². The minimum Gasteiger partial charge on any atom is -0.359 e. The third-order valence-electron chi connectivity index (χ3n) is 6.49. The van der Waals surface area contributed by atoms with Crippen molar-refractivity contribution in [3.05, 3.63) is 40.1 Å². The van der Waals surface area contributed by atoms with Gasteiger partial charge >= 0.3 is 0 Å². The summed E-state index contributed by atoms with van der Waals surface area (Å²) < 4.78 is 2.45. The summed E-state index contributed by atoms with van der Waals surface area (Å²) in [7, 11) is 1.68. The van der Waals surface area contributed by atoms with E-state index >= 15 is 0 Å². The lowest BCUT2D eigenvalue weighted by atomic mass is 9.87. The monoisotopic (exact) mass is 497 g/mol. The zero-order valence-electron chi connectivity index (χ0n) is 17.9. The first kappa shape index (κ1) is 20.9. The highest BCUT2D eigenvalue weighted by atomic mass is 79.9. The van der Waals surface area contributed by atoms with Gasteiger partial charge in [-0.1, -0.05) is 13.0 Å². The summed E-state index contributed by atoms with van der Waals surface area (Å²) >= 11 is 3.52. The van der Waals surface area contributed by atoms with Crippen LogP contribution < -0.4 is 16.0 Å². The fourth-order valence-electron chi connectivity index (χ4n) is 4.68. The van der Waals surface area contributed by atoms with Gasteiger partial charge in [-0.2, -0.15) is 10.1 Å². The van der Waals surface area contributed by atoms with Gasteiger partial charge in [-0.3, -0.25) is 9.59 Å². The number of nitrogens with one attached hydrogen (secondary N) is 3. The largest absolute Gasteiger partial charge is 0.359 e. The number of fused-ring (bicyclic) bond motifs is 2. The lowest BCUT2D eigenvalue weighted by Gasteiger charge is -2.22. The van der Waals surface area contributed by atoms with Crippen LogP contribution in [-0.2, 0) is 22.6 Å². The molecule has 0 unspecified atom stereocenters. The highest BCUT2D eigenvalue weighted by molar-refractivity contribution is 9.10. The topological polar surface area (TPSA) is 114 Å². The Hall–Kier alpha value is -3.01. The maximum atomic E-state index is 12.2. The molecule has 0 bridgehead atoms. The second kappa shape index (κ2) is 7.84. The van der Waals surface area contributed by atoms with Crippen LogP contribution in [-0.4, -0.2) is 44.7 Å². The molecule has 2 aliphatic rings. The van der Waals surface area contributed by atoms with Gasteiger partial charge in [0, 0.05) is 31.2 Å². The molecule has 10 heteroatoms. The predicted molar refractivity (Wildman–Crippen MR) is 123 cm³/mol. The summed E-state index contributed by atoms with van der Waals surface area (Å²) in [5, 5.41) is 14.5. The molecule has 2 aromatic heterocycles. The van der Waals surface area contributed by atoms with E-state index in [2.05, 4.69) is 42.0 Å². The van der Waals surface area contributed by atoms with Gasteiger partial charge < -0.3 is 16.0 Å². The molecule has 2 atom stereocenters. The van der Waals surface area contributed by atoms with Crippen molar-refractivity contribution in [2.45, 2.75) is 45.2 Å². The van der Waals surface area contributed by atoms with E-state index in [1.54, 1.807) is 17.9 Å². The third-order valence-corrected chi connectivity index (χ3v) is 7.08. The van der Waals surface area contributed by atoms with Gasteiger partial charge in [-0.25, -0.2) is 9.67 Å². The van der Waals surface area contributed by atoms with Gasteiger partial charge in [0.2, 0.25) is 17.8 Å². The van der Waals surface area contributed by atoms with Gasteiger partial charge in [0.15, 0.2) is 5.65 Å². The molecule has 1 fully saturated rings. The van der Waals surface area contributed by atoms with E-state index in [-0.39, 0.29) is 23.3 Å². The molecular formula is C22H24BrN7O2. The van der Waals surface area contributed by atoms with E-state index in [1.165, 1.54) is 0 Å². The number of hydrogen-bond donors (Lipinski definition) is 3. The molecule has 1 saturated carbocycles. The molecule has 1 aromatic carbocycles. The lowest BCUT2D eigenvalue weighted by Crippen LogP contribution is -2.35. The predicted octanol–water partition coefficient (Wildman–Crippen LogP) is 2.47. The number of hydrogen-bond acceptors (Lipinski definition) is 6. The summed E-state index contributed by atoms with van der Waals surface area (Å²) in [5.74, 6) is 0.631. The Balaban J connectivity index is 1.44. The van der Waals surface area contributed by atoms with E-state index in [0.717, 1.165) is 41.5 Å². The van der Waals surface area contributed by atoms with E-state index in [9.17, 15) is 9.59 Å². The number of benzene rings is 1. The van der Waals surface area contributed by atoms with Crippen LogP contribution in [0.2, 0.25) is 0 Å². The van der Waals surface area contributed by atoms with Crippen LogP contribution in [0.3, 0.4) is 0 Å². The standard InChI is InChI=1S/C22H24BrN7O2/c1-22(20(32)24-2)6-5-14(9-22)27-21-26-11-16-18(23)29-30(19(16)28-21)15-4-3-12-8-17(31)25-10-13(12)7-15/h3-4,7,11,14H,5-6,8-10H2,1-2H3,(H,24,32)(H,25,31)(H,26,27,28)/t14-,22-/m1/s1. The Morgan fingerprint density at radius 3 is 3.00 bits per heavy atom. The zero-order chi connectivity index (χ0) is 22.5. The maximum absolute atomic E-state index is 12.2. The fourth-order valence-corrected chi connectivity index (χ4v) is 5.12. The van der Waals surface area contributed by atoms with E-state index < -0.39 is 0 Å². The molecule has 0 radical (unpaired) electrons. The van der Waals surface area contributed by atoms with Gasteiger partial charge in [-0.05, 0) is 58.5 Å². The highest BCUT2D eigenvalue weighted by Crippen LogP contribution is 2.39. The van der Waals surface area contributed by atoms with Crippen LogP contribution in [0, 0.1) is 5.41 Å². The molecular weight excluding hydrogens is 474 g/mol. The molecule has 9 nitrogen and oxygen atoms in total. The van der Waals surface area contributed by atoms with E-state index in [4.69, 9.17) is 4.98 Å². The molecule has 32 heavy (non-hydrogen) atoms. The smallest absolute Gasteiger partial charge is 0.225 e. The molecule has 1 aliphatic heterocycles. The molecule has 3 heterocycles. The minimum atomic E-state index is -0.375. The van der Waals surface area contributed by atoms with Crippen molar-refractivity contribution in [1.29, 1.82) is 0 Å². The van der Waals surface area contributed by atoms with Crippen LogP contribution >= 0.6 is 15.9 Å². The van der Waals surface area contributed by atoms with Gasteiger partial charge in [0.05, 0.1) is 17.5 Å². The Bertz CT molecular complexity index is 1240. The summed E-state index contributed by atoms with van der Waals surface area (Å²) in [5.41, 5.74) is 3.29. The zero-order valence-corrected chi connectivity index (χ0v) is 19.5. The van der Waals surface area contributed by atoms with Gasteiger partial charge in [-0.15, -0.1) is 0 Å². The van der Waals surface area contributed by atoms with Gasteiger partial charge in [0.25, 0.3) is 0 Å². The number of aromatic nitrogens is 4. The van der Waals surface area contributed by atoms with Crippen molar-refractivity contribution in [2.24, 2.45) is 5.41 Å². The average Bonchev–Trinajstić information content (AvgIpc) is 3.33. The molecule has 1 aliphatic carbocycles. The summed E-state index contributed by atoms with van der Waals surface area (Å²) in [6, 6.07) is 6.09. The quantitative estimate of drug-likeness (QED) is 0.510. The number of carbonyl (C=O) groups is 2. The van der Waals surface area contributed by atoms with Crippen LogP contribution in [0.5, 0.6) is 0 Å². The van der Waals surface area contributed by atoms with Crippen molar-refractivity contribution in [1.82, 2.24) is 30.4 Å². The molecule has 0 spiro atoms. The first-order valence-corrected chi connectivity index (χ1v) is 11.4.